The number of Topliss-reactive ketones (excluding diaryl/α,β-unsaturated/α-hetero) is 1. The highest BCUT2D eigenvalue weighted by Gasteiger charge is 2.20. The summed E-state index contributed by atoms with van der Waals surface area (Å²) in [5.41, 5.74) is 0.541. The van der Waals surface area contributed by atoms with Crippen molar-refractivity contribution in [2.45, 2.75) is 20.5 Å². The number of rotatable bonds is 6. The van der Waals surface area contributed by atoms with Crippen molar-refractivity contribution in [2.75, 3.05) is 0 Å². The number of hydrogen-bond acceptors (Lipinski definition) is 4. The molecule has 0 saturated carbocycles. The van der Waals surface area contributed by atoms with Crippen molar-refractivity contribution in [2.24, 2.45) is 5.92 Å². The van der Waals surface area contributed by atoms with Crippen LogP contribution in [0, 0.1) is 21.8 Å². The molecule has 2 aromatic carbocycles. The lowest BCUT2D eigenvalue weighted by atomic mass is 10.0. The minimum Gasteiger partial charge on any atom is -0.482 e. The van der Waals surface area contributed by atoms with Crippen molar-refractivity contribution >= 4 is 11.5 Å². The maximum Gasteiger partial charge on any atom is 0.311 e. The average Bonchev–Trinajstić information content (AvgIpc) is 2.52. The Morgan fingerprint density at radius 3 is 2.61 bits per heavy atom. The third kappa shape index (κ3) is 4.12. The van der Waals surface area contributed by atoms with E-state index in [1.165, 1.54) is 36.4 Å². The van der Waals surface area contributed by atoms with E-state index >= 15 is 0 Å². The average molecular weight is 317 g/mol. The second-order valence-corrected chi connectivity index (χ2v) is 5.38. The zero-order valence-electron chi connectivity index (χ0n) is 12.8. The number of halogens is 1. The number of nitro groups is 1. The maximum absolute atomic E-state index is 13.1. The van der Waals surface area contributed by atoms with Gasteiger partial charge in [-0.25, -0.2) is 4.39 Å². The Bertz CT molecular complexity index is 743. The van der Waals surface area contributed by atoms with Crippen molar-refractivity contribution in [3.63, 3.8) is 0 Å². The highest BCUT2D eigenvalue weighted by Crippen LogP contribution is 2.29. The van der Waals surface area contributed by atoms with Crippen molar-refractivity contribution in [1.82, 2.24) is 0 Å². The number of ketones is 1. The molecule has 23 heavy (non-hydrogen) atoms. The zero-order chi connectivity index (χ0) is 17.0. The predicted molar refractivity (Wildman–Crippen MR) is 83.0 cm³/mol. The second kappa shape index (κ2) is 7.00. The second-order valence-electron chi connectivity index (χ2n) is 5.38. The number of ether oxygens (including phenoxy) is 1. The first-order valence-electron chi connectivity index (χ1n) is 7.08. The Kier molecular flexibility index (Phi) is 5.05. The van der Waals surface area contributed by atoms with E-state index in [-0.39, 0.29) is 35.3 Å². The van der Waals surface area contributed by atoms with Crippen LogP contribution in [0.3, 0.4) is 0 Å². The highest BCUT2D eigenvalue weighted by molar-refractivity contribution is 5.98. The fourth-order valence-electron chi connectivity index (χ4n) is 2.06. The number of benzene rings is 2. The van der Waals surface area contributed by atoms with E-state index in [0.29, 0.717) is 5.56 Å². The summed E-state index contributed by atoms with van der Waals surface area (Å²) in [4.78, 5) is 22.5. The van der Waals surface area contributed by atoms with Crippen LogP contribution in [0.15, 0.2) is 42.5 Å². The van der Waals surface area contributed by atoms with E-state index in [4.69, 9.17) is 4.74 Å². The normalized spacial score (nSPS) is 10.6. The molecule has 0 N–H and O–H groups in total. The summed E-state index contributed by atoms with van der Waals surface area (Å²) in [6.07, 6.45) is 0. The molecule has 0 bridgehead atoms. The molecular weight excluding hydrogens is 301 g/mol. The molecule has 0 atom stereocenters. The van der Waals surface area contributed by atoms with Crippen LogP contribution in [0.2, 0.25) is 0 Å². The monoisotopic (exact) mass is 317 g/mol. The van der Waals surface area contributed by atoms with Gasteiger partial charge < -0.3 is 4.74 Å². The first kappa shape index (κ1) is 16.6. The lowest BCUT2D eigenvalue weighted by Crippen LogP contribution is -2.08. The quantitative estimate of drug-likeness (QED) is 0.456. The van der Waals surface area contributed by atoms with Gasteiger partial charge in [-0.05, 0) is 29.8 Å². The van der Waals surface area contributed by atoms with Crippen LogP contribution in [-0.2, 0) is 6.61 Å². The minimum absolute atomic E-state index is 0.00390. The smallest absolute Gasteiger partial charge is 0.311 e. The SMILES string of the molecule is CC(C)C(=O)c1ccc(OCc2cccc(F)c2)c([N+](=O)[O-])c1. The number of nitro benzene ring substituents is 1. The van der Waals surface area contributed by atoms with Crippen LogP contribution in [-0.4, -0.2) is 10.7 Å². The first-order chi connectivity index (χ1) is 10.9. The molecule has 0 saturated heterocycles. The Morgan fingerprint density at radius 2 is 2.00 bits per heavy atom. The van der Waals surface area contributed by atoms with Gasteiger partial charge >= 0.3 is 5.69 Å². The molecule has 0 aliphatic rings. The molecule has 0 amide bonds. The topological polar surface area (TPSA) is 69.4 Å². The Morgan fingerprint density at radius 1 is 1.26 bits per heavy atom. The molecule has 0 heterocycles. The molecule has 0 fully saturated rings. The molecule has 0 unspecified atom stereocenters. The lowest BCUT2D eigenvalue weighted by molar-refractivity contribution is -0.386. The zero-order valence-corrected chi connectivity index (χ0v) is 12.8. The van der Waals surface area contributed by atoms with E-state index in [9.17, 15) is 19.3 Å². The predicted octanol–water partition coefficient (Wildman–Crippen LogP) is 4.15. The van der Waals surface area contributed by atoms with Gasteiger partial charge in [0, 0.05) is 17.5 Å². The molecule has 0 radical (unpaired) electrons. The highest BCUT2D eigenvalue weighted by atomic mass is 19.1. The molecule has 2 rings (SSSR count). The molecule has 6 heteroatoms. The van der Waals surface area contributed by atoms with Crippen LogP contribution < -0.4 is 4.74 Å². The van der Waals surface area contributed by atoms with Crippen molar-refractivity contribution < 1.29 is 18.8 Å². The number of hydrogen-bond donors (Lipinski definition) is 0. The summed E-state index contributed by atoms with van der Waals surface area (Å²) >= 11 is 0. The van der Waals surface area contributed by atoms with Crippen LogP contribution in [0.4, 0.5) is 10.1 Å². The van der Waals surface area contributed by atoms with E-state index < -0.39 is 10.7 Å². The molecule has 0 spiro atoms. The largest absolute Gasteiger partial charge is 0.482 e. The van der Waals surface area contributed by atoms with Gasteiger partial charge in [-0.3, -0.25) is 14.9 Å². The van der Waals surface area contributed by atoms with Gasteiger partial charge in [0.1, 0.15) is 12.4 Å². The van der Waals surface area contributed by atoms with Crippen LogP contribution in [0.5, 0.6) is 5.75 Å². The van der Waals surface area contributed by atoms with E-state index in [1.807, 2.05) is 0 Å². The fraction of sp³-hybridized carbons (Fsp3) is 0.235. The van der Waals surface area contributed by atoms with Gasteiger partial charge in [-0.1, -0.05) is 26.0 Å². The van der Waals surface area contributed by atoms with Crippen LogP contribution in [0.25, 0.3) is 0 Å². The van der Waals surface area contributed by atoms with Gasteiger partial charge in [0.15, 0.2) is 11.5 Å². The summed E-state index contributed by atoms with van der Waals surface area (Å²) < 4.78 is 18.5. The van der Waals surface area contributed by atoms with Gasteiger partial charge in [0.2, 0.25) is 0 Å². The van der Waals surface area contributed by atoms with Crippen LogP contribution in [0.1, 0.15) is 29.8 Å². The number of carbonyl (C=O) groups excluding carboxylic acids is 1. The summed E-state index contributed by atoms with van der Waals surface area (Å²) in [5, 5.41) is 11.2. The first-order valence-corrected chi connectivity index (χ1v) is 7.08. The Balaban J connectivity index is 2.24. The van der Waals surface area contributed by atoms with E-state index in [0.717, 1.165) is 0 Å². The number of carbonyl (C=O) groups is 1. The summed E-state index contributed by atoms with van der Waals surface area (Å²) in [7, 11) is 0. The molecule has 5 nitrogen and oxygen atoms in total. The Labute approximate surface area is 132 Å². The van der Waals surface area contributed by atoms with Crippen molar-refractivity contribution in [3.05, 3.63) is 69.5 Å². The summed E-state index contributed by atoms with van der Waals surface area (Å²) in [6, 6.07) is 9.89. The minimum atomic E-state index is -0.599. The molecule has 0 aliphatic heterocycles. The van der Waals surface area contributed by atoms with E-state index in [2.05, 4.69) is 0 Å². The van der Waals surface area contributed by atoms with Gasteiger partial charge in [-0.2, -0.15) is 0 Å². The van der Waals surface area contributed by atoms with Gasteiger partial charge in [-0.15, -0.1) is 0 Å². The summed E-state index contributed by atoms with van der Waals surface area (Å²) in [5.74, 6) is -0.795. The van der Waals surface area contributed by atoms with Crippen molar-refractivity contribution in [3.8, 4) is 5.75 Å². The van der Waals surface area contributed by atoms with Crippen molar-refractivity contribution in [1.29, 1.82) is 0 Å². The fourth-order valence-corrected chi connectivity index (χ4v) is 2.06. The molecule has 0 aliphatic carbocycles. The summed E-state index contributed by atoms with van der Waals surface area (Å²) in [6.45, 7) is 3.45. The Hall–Kier alpha value is -2.76. The molecule has 0 aromatic heterocycles. The van der Waals surface area contributed by atoms with Gasteiger partial charge in [0.05, 0.1) is 4.92 Å². The lowest BCUT2D eigenvalue weighted by Gasteiger charge is -2.09. The molecule has 2 aromatic rings. The molecule has 120 valence electrons. The third-order valence-corrected chi connectivity index (χ3v) is 3.25. The maximum atomic E-state index is 13.1. The standard InChI is InChI=1S/C17H16FNO4/c1-11(2)17(20)13-6-7-16(15(9-13)19(21)22)23-10-12-4-3-5-14(18)8-12/h3-9,11H,10H2,1-2H3. The molecular formula is C17H16FNO4. The van der Waals surface area contributed by atoms with E-state index in [1.54, 1.807) is 19.9 Å². The van der Waals surface area contributed by atoms with Crippen LogP contribution >= 0.6 is 0 Å². The van der Waals surface area contributed by atoms with Gasteiger partial charge in [0.25, 0.3) is 0 Å². The third-order valence-electron chi connectivity index (χ3n) is 3.25. The number of nitrogens with zero attached hydrogens (tertiary/aromatic N) is 1.